The van der Waals surface area contributed by atoms with Crippen LogP contribution in [-0.4, -0.2) is 18.8 Å². The molecular formula is C12H15NO2. The Morgan fingerprint density at radius 1 is 1.53 bits per heavy atom. The monoisotopic (exact) mass is 205 g/mol. The predicted octanol–water partition coefficient (Wildman–Crippen LogP) is 1.86. The molecule has 0 saturated heterocycles. The molecule has 0 aliphatic carbocycles. The quantitative estimate of drug-likeness (QED) is 0.816. The van der Waals surface area contributed by atoms with Crippen molar-refractivity contribution in [2.75, 3.05) is 13.7 Å². The van der Waals surface area contributed by atoms with Gasteiger partial charge >= 0.3 is 0 Å². The van der Waals surface area contributed by atoms with E-state index in [1.807, 2.05) is 31.2 Å². The maximum Gasteiger partial charge on any atom is 0.119 e. The Hall–Kier alpha value is -1.53. The first-order chi connectivity index (χ1) is 7.16. The Morgan fingerprint density at radius 2 is 2.27 bits per heavy atom. The SMILES string of the molecule is COc1cccc(C(C)(C#N)CCO)c1. The molecule has 80 valence electrons. The minimum Gasteiger partial charge on any atom is -0.497 e. The average Bonchev–Trinajstić information content (AvgIpc) is 2.29. The molecule has 0 aliphatic rings. The van der Waals surface area contributed by atoms with Crippen LogP contribution in [0.4, 0.5) is 0 Å². The van der Waals surface area contributed by atoms with Gasteiger partial charge in [0.15, 0.2) is 0 Å². The van der Waals surface area contributed by atoms with Crippen LogP contribution in [0.5, 0.6) is 5.75 Å². The van der Waals surface area contributed by atoms with Crippen molar-refractivity contribution < 1.29 is 9.84 Å². The zero-order chi connectivity index (χ0) is 11.3. The highest BCUT2D eigenvalue weighted by Gasteiger charge is 2.25. The molecule has 3 heteroatoms. The highest BCUT2D eigenvalue weighted by molar-refractivity contribution is 5.37. The maximum atomic E-state index is 9.13. The molecule has 1 atom stereocenters. The molecule has 0 bridgehead atoms. The highest BCUT2D eigenvalue weighted by atomic mass is 16.5. The summed E-state index contributed by atoms with van der Waals surface area (Å²) < 4.78 is 5.10. The van der Waals surface area contributed by atoms with Crippen LogP contribution >= 0.6 is 0 Å². The van der Waals surface area contributed by atoms with Gasteiger partial charge in [0.05, 0.1) is 18.6 Å². The molecule has 0 saturated carbocycles. The van der Waals surface area contributed by atoms with Gasteiger partial charge in [0.2, 0.25) is 0 Å². The fourth-order valence-corrected chi connectivity index (χ4v) is 1.45. The summed E-state index contributed by atoms with van der Waals surface area (Å²) in [5.41, 5.74) is 0.224. The van der Waals surface area contributed by atoms with Gasteiger partial charge < -0.3 is 9.84 Å². The predicted molar refractivity (Wildman–Crippen MR) is 57.7 cm³/mol. The van der Waals surface area contributed by atoms with Crippen molar-refractivity contribution in [3.05, 3.63) is 29.8 Å². The Balaban J connectivity index is 3.07. The van der Waals surface area contributed by atoms with E-state index in [0.29, 0.717) is 6.42 Å². The zero-order valence-electron chi connectivity index (χ0n) is 9.03. The van der Waals surface area contributed by atoms with Crippen LogP contribution in [-0.2, 0) is 5.41 Å². The van der Waals surface area contributed by atoms with E-state index in [2.05, 4.69) is 6.07 Å². The van der Waals surface area contributed by atoms with Crippen LogP contribution in [0.2, 0.25) is 0 Å². The molecule has 1 aromatic rings. The van der Waals surface area contributed by atoms with Crippen LogP contribution in [0, 0.1) is 11.3 Å². The molecule has 1 aromatic carbocycles. The van der Waals surface area contributed by atoms with Crippen LogP contribution in [0.15, 0.2) is 24.3 Å². The number of hydrogen-bond donors (Lipinski definition) is 1. The van der Waals surface area contributed by atoms with Gasteiger partial charge in [0.25, 0.3) is 0 Å². The maximum absolute atomic E-state index is 9.13. The van der Waals surface area contributed by atoms with Gasteiger partial charge in [-0.15, -0.1) is 0 Å². The molecule has 15 heavy (non-hydrogen) atoms. The van der Waals surface area contributed by atoms with Crippen molar-refractivity contribution in [2.24, 2.45) is 0 Å². The number of methoxy groups -OCH3 is 1. The highest BCUT2D eigenvalue weighted by Crippen LogP contribution is 2.28. The summed E-state index contributed by atoms with van der Waals surface area (Å²) in [6.45, 7) is 1.82. The second-order valence-electron chi connectivity index (χ2n) is 3.65. The molecule has 0 fully saturated rings. The van der Waals surface area contributed by atoms with Crippen molar-refractivity contribution in [3.63, 3.8) is 0 Å². The summed E-state index contributed by atoms with van der Waals surface area (Å²) >= 11 is 0. The Morgan fingerprint density at radius 3 is 2.80 bits per heavy atom. The summed E-state index contributed by atoms with van der Waals surface area (Å²) in [7, 11) is 1.59. The number of ether oxygens (including phenoxy) is 1. The number of hydrogen-bond acceptors (Lipinski definition) is 3. The van der Waals surface area contributed by atoms with E-state index < -0.39 is 5.41 Å². The number of nitriles is 1. The van der Waals surface area contributed by atoms with Crippen LogP contribution < -0.4 is 4.74 Å². The lowest BCUT2D eigenvalue weighted by atomic mass is 9.81. The first kappa shape index (κ1) is 11.5. The van der Waals surface area contributed by atoms with Gasteiger partial charge in [0, 0.05) is 6.61 Å². The molecule has 0 spiro atoms. The molecular weight excluding hydrogens is 190 g/mol. The standard InChI is InChI=1S/C12H15NO2/c1-12(9-13,6-7-14)10-4-3-5-11(8-10)15-2/h3-5,8,14H,6-7H2,1-2H3. The van der Waals surface area contributed by atoms with Crippen molar-refractivity contribution in [2.45, 2.75) is 18.8 Å². The Labute approximate surface area is 89.9 Å². The van der Waals surface area contributed by atoms with Gasteiger partial charge in [-0.1, -0.05) is 12.1 Å². The van der Waals surface area contributed by atoms with Crippen molar-refractivity contribution in [1.29, 1.82) is 5.26 Å². The topological polar surface area (TPSA) is 53.2 Å². The third-order valence-corrected chi connectivity index (χ3v) is 2.57. The Bertz CT molecular complexity index is 370. The van der Waals surface area contributed by atoms with Crippen LogP contribution in [0.1, 0.15) is 18.9 Å². The minimum atomic E-state index is -0.650. The summed E-state index contributed by atoms with van der Waals surface area (Å²) in [4.78, 5) is 0. The van der Waals surface area contributed by atoms with Gasteiger partial charge in [0.1, 0.15) is 5.75 Å². The van der Waals surface area contributed by atoms with Crippen LogP contribution in [0.25, 0.3) is 0 Å². The van der Waals surface area contributed by atoms with Gasteiger partial charge in [-0.25, -0.2) is 0 Å². The summed E-state index contributed by atoms with van der Waals surface area (Å²) in [6.07, 6.45) is 0.427. The van der Waals surface area contributed by atoms with E-state index in [9.17, 15) is 0 Å². The smallest absolute Gasteiger partial charge is 0.119 e. The summed E-state index contributed by atoms with van der Waals surface area (Å²) in [6, 6.07) is 9.62. The number of nitrogens with zero attached hydrogens (tertiary/aromatic N) is 1. The first-order valence-electron chi connectivity index (χ1n) is 4.83. The molecule has 0 aromatic heterocycles. The lowest BCUT2D eigenvalue weighted by Gasteiger charge is -2.21. The second-order valence-corrected chi connectivity index (χ2v) is 3.65. The molecule has 0 radical (unpaired) electrons. The fourth-order valence-electron chi connectivity index (χ4n) is 1.45. The Kier molecular flexibility index (Phi) is 3.70. The number of rotatable bonds is 4. The molecule has 3 nitrogen and oxygen atoms in total. The first-order valence-corrected chi connectivity index (χ1v) is 4.83. The third kappa shape index (κ3) is 2.48. The number of aliphatic hydroxyl groups is 1. The van der Waals surface area contributed by atoms with E-state index in [-0.39, 0.29) is 6.61 Å². The largest absolute Gasteiger partial charge is 0.497 e. The minimum absolute atomic E-state index is 0.00126. The van der Waals surface area contributed by atoms with Gasteiger partial charge in [-0.3, -0.25) is 0 Å². The average molecular weight is 205 g/mol. The zero-order valence-corrected chi connectivity index (χ0v) is 9.03. The lowest BCUT2D eigenvalue weighted by molar-refractivity contribution is 0.263. The van der Waals surface area contributed by atoms with Crippen molar-refractivity contribution >= 4 is 0 Å². The van der Waals surface area contributed by atoms with Crippen molar-refractivity contribution in [1.82, 2.24) is 0 Å². The number of aliphatic hydroxyl groups excluding tert-OH is 1. The third-order valence-electron chi connectivity index (χ3n) is 2.57. The molecule has 0 heterocycles. The van der Waals surface area contributed by atoms with E-state index in [1.54, 1.807) is 7.11 Å². The second kappa shape index (κ2) is 4.81. The van der Waals surface area contributed by atoms with E-state index in [1.165, 1.54) is 0 Å². The van der Waals surface area contributed by atoms with E-state index in [0.717, 1.165) is 11.3 Å². The molecule has 0 amide bonds. The van der Waals surface area contributed by atoms with Gasteiger partial charge in [-0.05, 0) is 31.0 Å². The lowest BCUT2D eigenvalue weighted by Crippen LogP contribution is -2.21. The van der Waals surface area contributed by atoms with Gasteiger partial charge in [-0.2, -0.15) is 5.26 Å². The van der Waals surface area contributed by atoms with Crippen molar-refractivity contribution in [3.8, 4) is 11.8 Å². The normalized spacial score (nSPS) is 14.0. The summed E-state index contributed by atoms with van der Waals surface area (Å²) in [5.74, 6) is 0.729. The fraction of sp³-hybridized carbons (Fsp3) is 0.417. The molecule has 1 N–H and O–H groups in total. The summed E-state index contributed by atoms with van der Waals surface area (Å²) in [5, 5.41) is 18.1. The van der Waals surface area contributed by atoms with Crippen LogP contribution in [0.3, 0.4) is 0 Å². The molecule has 1 unspecified atom stereocenters. The molecule has 0 aliphatic heterocycles. The number of benzene rings is 1. The molecule has 1 rings (SSSR count). The van der Waals surface area contributed by atoms with E-state index >= 15 is 0 Å². The van der Waals surface area contributed by atoms with E-state index in [4.69, 9.17) is 15.1 Å².